The highest BCUT2D eigenvalue weighted by Gasteiger charge is 2.22. The number of hydrogen-bond acceptors (Lipinski definition) is 4. The van der Waals surface area contributed by atoms with Crippen molar-refractivity contribution in [2.45, 2.75) is 6.92 Å². The maximum Gasteiger partial charge on any atom is 0.193 e. The molecule has 0 fully saturated rings. The average molecular weight is 418 g/mol. The monoisotopic (exact) mass is 418 g/mol. The molecular formula is C27H18N2O3. The Balaban J connectivity index is 1.64. The molecule has 6 aromatic rings. The van der Waals surface area contributed by atoms with Crippen LogP contribution in [-0.4, -0.2) is 9.78 Å². The quantitative estimate of drug-likeness (QED) is 0.335. The number of aromatic nitrogens is 2. The van der Waals surface area contributed by atoms with Crippen LogP contribution in [0.4, 0.5) is 0 Å². The minimum Gasteiger partial charge on any atom is -0.456 e. The molecule has 5 heteroatoms. The Labute approximate surface area is 183 Å². The Morgan fingerprint density at radius 3 is 2.41 bits per heavy atom. The lowest BCUT2D eigenvalue weighted by atomic mass is 10.1. The number of para-hydroxylation sites is 2. The van der Waals surface area contributed by atoms with E-state index in [1.165, 1.54) is 6.07 Å². The van der Waals surface area contributed by atoms with E-state index in [1.807, 2.05) is 90.5 Å². The number of rotatable bonds is 3. The lowest BCUT2D eigenvalue weighted by Crippen LogP contribution is -2.01. The highest BCUT2D eigenvalue weighted by molar-refractivity contribution is 5.87. The minimum absolute atomic E-state index is 0.0898. The standard InChI is InChI=1S/C27H18N2O3/c1-17-11-12-24-20(13-17)22(30)15-25(32-24)21-16-28-29(19-8-3-2-4-9-19)27(21)26-14-18-7-5-6-10-23(18)31-26/h2-16H,1H3. The van der Waals surface area contributed by atoms with E-state index in [4.69, 9.17) is 8.83 Å². The van der Waals surface area contributed by atoms with Crippen molar-refractivity contribution >= 4 is 21.9 Å². The fraction of sp³-hybridized carbons (Fsp3) is 0.0370. The van der Waals surface area contributed by atoms with Gasteiger partial charge in [0.1, 0.15) is 22.6 Å². The Kier molecular flexibility index (Phi) is 4.08. The molecule has 0 amide bonds. The summed E-state index contributed by atoms with van der Waals surface area (Å²) in [4.78, 5) is 12.9. The molecule has 0 aliphatic carbocycles. The van der Waals surface area contributed by atoms with Crippen LogP contribution in [0.5, 0.6) is 0 Å². The molecule has 3 aromatic heterocycles. The van der Waals surface area contributed by atoms with Gasteiger partial charge in [-0.2, -0.15) is 5.10 Å². The summed E-state index contributed by atoms with van der Waals surface area (Å²) in [5.74, 6) is 1.10. The van der Waals surface area contributed by atoms with Gasteiger partial charge in [-0.05, 0) is 43.3 Å². The van der Waals surface area contributed by atoms with E-state index in [0.29, 0.717) is 28.1 Å². The molecule has 0 aliphatic heterocycles. The molecule has 0 saturated carbocycles. The second kappa shape index (κ2) is 7.10. The number of aryl methyl sites for hydroxylation is 1. The van der Waals surface area contributed by atoms with Gasteiger partial charge in [-0.1, -0.05) is 48.0 Å². The smallest absolute Gasteiger partial charge is 0.193 e. The van der Waals surface area contributed by atoms with E-state index in [9.17, 15) is 4.79 Å². The van der Waals surface area contributed by atoms with Crippen molar-refractivity contribution in [1.82, 2.24) is 9.78 Å². The number of benzene rings is 3. The van der Waals surface area contributed by atoms with E-state index < -0.39 is 0 Å². The molecule has 0 saturated heterocycles. The molecule has 0 unspecified atom stereocenters. The SMILES string of the molecule is Cc1ccc2oc(-c3cnn(-c4ccccc4)c3-c3cc4ccccc4o3)cc(=O)c2c1. The molecule has 0 spiro atoms. The highest BCUT2D eigenvalue weighted by atomic mass is 16.3. The van der Waals surface area contributed by atoms with Crippen molar-refractivity contribution in [3.63, 3.8) is 0 Å². The molecule has 3 heterocycles. The Hall–Kier alpha value is -4.38. The first-order valence-corrected chi connectivity index (χ1v) is 10.3. The number of furan rings is 1. The maximum atomic E-state index is 12.9. The van der Waals surface area contributed by atoms with Gasteiger partial charge in [0, 0.05) is 11.5 Å². The third-order valence-corrected chi connectivity index (χ3v) is 5.58. The highest BCUT2D eigenvalue weighted by Crippen LogP contribution is 2.37. The summed E-state index contributed by atoms with van der Waals surface area (Å²) in [5, 5.41) is 6.18. The van der Waals surface area contributed by atoms with Crippen LogP contribution in [0.15, 0.2) is 105 Å². The van der Waals surface area contributed by atoms with Gasteiger partial charge in [-0.15, -0.1) is 0 Å². The van der Waals surface area contributed by atoms with Crippen LogP contribution in [0, 0.1) is 6.92 Å². The molecule has 3 aromatic carbocycles. The Bertz CT molecular complexity index is 1620. The second-order valence-corrected chi connectivity index (χ2v) is 7.78. The molecule has 5 nitrogen and oxygen atoms in total. The van der Waals surface area contributed by atoms with Gasteiger partial charge in [0.05, 0.1) is 22.8 Å². The number of hydrogen-bond donors (Lipinski definition) is 0. The largest absolute Gasteiger partial charge is 0.456 e. The fourth-order valence-electron chi connectivity index (χ4n) is 4.03. The molecule has 0 aliphatic rings. The summed E-state index contributed by atoms with van der Waals surface area (Å²) in [5.41, 5.74) is 4.54. The van der Waals surface area contributed by atoms with E-state index in [2.05, 4.69) is 5.10 Å². The van der Waals surface area contributed by atoms with E-state index >= 15 is 0 Å². The van der Waals surface area contributed by atoms with Crippen molar-refractivity contribution in [3.8, 4) is 28.5 Å². The summed E-state index contributed by atoms with van der Waals surface area (Å²) in [7, 11) is 0. The number of fused-ring (bicyclic) bond motifs is 2. The second-order valence-electron chi connectivity index (χ2n) is 7.78. The summed E-state index contributed by atoms with van der Waals surface area (Å²) in [6.07, 6.45) is 1.72. The van der Waals surface area contributed by atoms with Gasteiger partial charge in [-0.25, -0.2) is 4.68 Å². The molecule has 0 bridgehead atoms. The van der Waals surface area contributed by atoms with E-state index in [-0.39, 0.29) is 5.43 Å². The molecule has 6 rings (SSSR count). The summed E-state index contributed by atoms with van der Waals surface area (Å²) in [6.45, 7) is 1.95. The first kappa shape index (κ1) is 18.4. The van der Waals surface area contributed by atoms with Gasteiger partial charge in [0.15, 0.2) is 11.2 Å². The Morgan fingerprint density at radius 2 is 1.56 bits per heavy atom. The average Bonchev–Trinajstić information content (AvgIpc) is 3.44. The van der Waals surface area contributed by atoms with Gasteiger partial charge in [0.2, 0.25) is 0 Å². The molecule has 0 N–H and O–H groups in total. The summed E-state index contributed by atoms with van der Waals surface area (Å²) >= 11 is 0. The van der Waals surface area contributed by atoms with Crippen LogP contribution in [0.2, 0.25) is 0 Å². The lowest BCUT2D eigenvalue weighted by Gasteiger charge is -2.08. The van der Waals surface area contributed by atoms with Crippen molar-refractivity contribution < 1.29 is 8.83 Å². The first-order valence-electron chi connectivity index (χ1n) is 10.3. The topological polar surface area (TPSA) is 61.2 Å². The van der Waals surface area contributed by atoms with Crippen LogP contribution in [0.25, 0.3) is 50.4 Å². The Morgan fingerprint density at radius 1 is 0.781 bits per heavy atom. The van der Waals surface area contributed by atoms with Gasteiger partial charge >= 0.3 is 0 Å². The van der Waals surface area contributed by atoms with Crippen molar-refractivity contribution in [1.29, 1.82) is 0 Å². The minimum atomic E-state index is -0.0898. The third-order valence-electron chi connectivity index (χ3n) is 5.58. The van der Waals surface area contributed by atoms with Crippen molar-refractivity contribution in [2.24, 2.45) is 0 Å². The van der Waals surface area contributed by atoms with Crippen LogP contribution in [0.3, 0.4) is 0 Å². The summed E-state index contributed by atoms with van der Waals surface area (Å²) in [6, 6.07) is 26.8. The molecule has 154 valence electrons. The third kappa shape index (κ3) is 2.94. The predicted octanol–water partition coefficient (Wildman–Crippen LogP) is 6.37. The van der Waals surface area contributed by atoms with Crippen LogP contribution < -0.4 is 5.43 Å². The van der Waals surface area contributed by atoms with Crippen LogP contribution in [-0.2, 0) is 0 Å². The van der Waals surface area contributed by atoms with Gasteiger partial charge in [0.25, 0.3) is 0 Å². The van der Waals surface area contributed by atoms with Crippen LogP contribution >= 0.6 is 0 Å². The molecule has 32 heavy (non-hydrogen) atoms. The normalized spacial score (nSPS) is 11.4. The van der Waals surface area contributed by atoms with E-state index in [1.54, 1.807) is 6.20 Å². The molecular weight excluding hydrogens is 400 g/mol. The molecule has 0 atom stereocenters. The van der Waals surface area contributed by atoms with Crippen molar-refractivity contribution in [2.75, 3.05) is 0 Å². The lowest BCUT2D eigenvalue weighted by molar-refractivity contribution is 0.613. The van der Waals surface area contributed by atoms with Gasteiger partial charge < -0.3 is 8.83 Å². The maximum absolute atomic E-state index is 12.9. The fourth-order valence-corrected chi connectivity index (χ4v) is 4.03. The zero-order valence-electron chi connectivity index (χ0n) is 17.3. The predicted molar refractivity (Wildman–Crippen MR) is 125 cm³/mol. The molecule has 0 radical (unpaired) electrons. The van der Waals surface area contributed by atoms with Crippen molar-refractivity contribution in [3.05, 3.63) is 107 Å². The zero-order valence-corrected chi connectivity index (χ0v) is 17.3. The zero-order chi connectivity index (χ0) is 21.7. The van der Waals surface area contributed by atoms with Crippen LogP contribution in [0.1, 0.15) is 5.56 Å². The van der Waals surface area contributed by atoms with E-state index in [0.717, 1.165) is 27.9 Å². The first-order chi connectivity index (χ1) is 15.7. The van der Waals surface area contributed by atoms with Gasteiger partial charge in [-0.3, -0.25) is 4.79 Å². The summed E-state index contributed by atoms with van der Waals surface area (Å²) < 4.78 is 14.2. The number of nitrogens with zero attached hydrogens (tertiary/aromatic N) is 2.